The van der Waals surface area contributed by atoms with E-state index in [1.807, 2.05) is 13.8 Å². The first-order valence-corrected chi connectivity index (χ1v) is 5.83. The van der Waals surface area contributed by atoms with Gasteiger partial charge in [-0.05, 0) is 26.7 Å². The third-order valence-electron chi connectivity index (χ3n) is 2.20. The smallest absolute Gasteiger partial charge is 0.408 e. The number of ether oxygens (including phenoxy) is 2. The van der Waals surface area contributed by atoms with Crippen LogP contribution >= 0.6 is 0 Å². The van der Waals surface area contributed by atoms with Crippen molar-refractivity contribution in [3.63, 3.8) is 0 Å². The molecule has 0 aliphatic rings. The quantitative estimate of drug-likeness (QED) is 0.785. The molecule has 2 N–H and O–H groups in total. The highest BCUT2D eigenvalue weighted by atomic mass is 16.6. The lowest BCUT2D eigenvalue weighted by molar-refractivity contribution is -0.144. The van der Waals surface area contributed by atoms with Crippen molar-refractivity contribution >= 4 is 12.1 Å². The van der Waals surface area contributed by atoms with E-state index in [0.29, 0.717) is 0 Å². The zero-order valence-corrected chi connectivity index (χ0v) is 11.8. The normalized spacial score (nSPS) is 15.1. The molecule has 0 heterocycles. The van der Waals surface area contributed by atoms with Gasteiger partial charge in [-0.1, -0.05) is 13.8 Å². The summed E-state index contributed by atoms with van der Waals surface area (Å²) in [6.07, 6.45) is -1.38. The zero-order valence-electron chi connectivity index (χ0n) is 11.8. The molecule has 6 nitrogen and oxygen atoms in total. The molecule has 0 saturated heterocycles. The minimum Gasteiger partial charge on any atom is -0.480 e. The SMILES string of the molecule is CO[C@H](C(C)C)[C@H](NC(=O)OC(C)(C)C)C(=O)O. The van der Waals surface area contributed by atoms with Gasteiger partial charge < -0.3 is 19.9 Å². The number of hydrogen-bond donors (Lipinski definition) is 2. The molecule has 6 heteroatoms. The predicted octanol–water partition coefficient (Wildman–Crippen LogP) is 1.64. The van der Waals surface area contributed by atoms with Crippen molar-refractivity contribution in [2.75, 3.05) is 7.11 Å². The summed E-state index contributed by atoms with van der Waals surface area (Å²) in [4.78, 5) is 22.7. The van der Waals surface area contributed by atoms with Crippen LogP contribution in [0.5, 0.6) is 0 Å². The summed E-state index contributed by atoms with van der Waals surface area (Å²) in [6.45, 7) is 8.76. The average molecular weight is 261 g/mol. The summed E-state index contributed by atoms with van der Waals surface area (Å²) >= 11 is 0. The van der Waals surface area contributed by atoms with E-state index in [1.54, 1.807) is 20.8 Å². The number of carbonyl (C=O) groups excluding carboxylic acids is 1. The first-order chi connectivity index (χ1) is 8.08. The molecule has 0 aliphatic heterocycles. The molecule has 0 aromatic carbocycles. The zero-order chi connectivity index (χ0) is 14.5. The fourth-order valence-corrected chi connectivity index (χ4v) is 1.51. The highest BCUT2D eigenvalue weighted by Gasteiger charge is 2.33. The molecule has 0 aliphatic carbocycles. The van der Waals surface area contributed by atoms with Gasteiger partial charge >= 0.3 is 12.1 Å². The lowest BCUT2D eigenvalue weighted by Crippen LogP contribution is -2.52. The molecule has 1 amide bonds. The van der Waals surface area contributed by atoms with E-state index in [9.17, 15) is 9.59 Å². The van der Waals surface area contributed by atoms with Gasteiger partial charge in [0.05, 0.1) is 6.10 Å². The van der Waals surface area contributed by atoms with E-state index < -0.39 is 29.8 Å². The van der Waals surface area contributed by atoms with Crippen LogP contribution in [0.25, 0.3) is 0 Å². The molecule has 0 rings (SSSR count). The summed E-state index contributed by atoms with van der Waals surface area (Å²) < 4.78 is 10.1. The number of methoxy groups -OCH3 is 1. The summed E-state index contributed by atoms with van der Waals surface area (Å²) in [7, 11) is 1.41. The van der Waals surface area contributed by atoms with Crippen molar-refractivity contribution in [2.24, 2.45) is 5.92 Å². The van der Waals surface area contributed by atoms with Crippen molar-refractivity contribution in [2.45, 2.75) is 52.4 Å². The van der Waals surface area contributed by atoms with Gasteiger partial charge in [0, 0.05) is 7.11 Å². The fourth-order valence-electron chi connectivity index (χ4n) is 1.51. The Morgan fingerprint density at radius 1 is 1.22 bits per heavy atom. The van der Waals surface area contributed by atoms with Crippen LogP contribution in [0.15, 0.2) is 0 Å². The second-order valence-electron chi connectivity index (χ2n) is 5.41. The molecule has 0 radical (unpaired) electrons. The van der Waals surface area contributed by atoms with Crippen molar-refractivity contribution in [1.29, 1.82) is 0 Å². The summed E-state index contributed by atoms with van der Waals surface area (Å²) in [6, 6.07) is -1.13. The van der Waals surface area contributed by atoms with E-state index >= 15 is 0 Å². The molecule has 18 heavy (non-hydrogen) atoms. The lowest BCUT2D eigenvalue weighted by atomic mass is 9.99. The fraction of sp³-hybridized carbons (Fsp3) is 0.833. The van der Waals surface area contributed by atoms with Gasteiger partial charge in [-0.3, -0.25) is 0 Å². The summed E-state index contributed by atoms with van der Waals surface area (Å²) in [5.74, 6) is -1.20. The second kappa shape index (κ2) is 6.58. The summed E-state index contributed by atoms with van der Waals surface area (Å²) in [5.41, 5.74) is -0.673. The van der Waals surface area contributed by atoms with Gasteiger partial charge in [0.1, 0.15) is 5.60 Å². The highest BCUT2D eigenvalue weighted by Crippen LogP contribution is 2.12. The van der Waals surface area contributed by atoms with Crippen LogP contribution in [0.1, 0.15) is 34.6 Å². The molecule has 0 unspecified atom stereocenters. The Morgan fingerprint density at radius 3 is 2.00 bits per heavy atom. The number of carboxylic acids is 1. The van der Waals surface area contributed by atoms with Crippen LogP contribution in [-0.4, -0.2) is 42.0 Å². The molecule has 0 fully saturated rings. The molecule has 0 aromatic rings. The third-order valence-corrected chi connectivity index (χ3v) is 2.20. The molecule has 0 spiro atoms. The van der Waals surface area contributed by atoms with Gasteiger partial charge in [-0.25, -0.2) is 9.59 Å². The maximum Gasteiger partial charge on any atom is 0.408 e. The van der Waals surface area contributed by atoms with Crippen LogP contribution in [-0.2, 0) is 14.3 Å². The number of carboxylic acid groups (broad SMARTS) is 1. The molecule has 2 atom stereocenters. The molecular formula is C12H23NO5. The van der Waals surface area contributed by atoms with E-state index in [2.05, 4.69) is 5.32 Å². The second-order valence-corrected chi connectivity index (χ2v) is 5.41. The lowest BCUT2D eigenvalue weighted by Gasteiger charge is -2.28. The van der Waals surface area contributed by atoms with Crippen molar-refractivity contribution in [3.8, 4) is 0 Å². The van der Waals surface area contributed by atoms with Crippen molar-refractivity contribution in [1.82, 2.24) is 5.32 Å². The molecule has 106 valence electrons. The number of amides is 1. The Kier molecular flexibility index (Phi) is 6.11. The maximum atomic E-state index is 11.6. The van der Waals surface area contributed by atoms with Crippen LogP contribution in [0.3, 0.4) is 0 Å². The minimum absolute atomic E-state index is 0.0500. The number of alkyl carbamates (subject to hydrolysis) is 1. The number of rotatable bonds is 5. The van der Waals surface area contributed by atoms with Crippen LogP contribution in [0.2, 0.25) is 0 Å². The van der Waals surface area contributed by atoms with E-state index in [0.717, 1.165) is 0 Å². The molecule has 0 saturated carbocycles. The number of nitrogens with one attached hydrogen (secondary N) is 1. The van der Waals surface area contributed by atoms with Crippen LogP contribution < -0.4 is 5.32 Å². The Balaban J connectivity index is 4.73. The maximum absolute atomic E-state index is 11.6. The van der Waals surface area contributed by atoms with E-state index in [1.165, 1.54) is 7.11 Å². The van der Waals surface area contributed by atoms with Crippen molar-refractivity contribution < 1.29 is 24.2 Å². The Bertz CT molecular complexity index is 295. The third kappa shape index (κ3) is 5.86. The number of carbonyl (C=O) groups is 2. The first-order valence-electron chi connectivity index (χ1n) is 5.83. The van der Waals surface area contributed by atoms with Gasteiger partial charge in [-0.2, -0.15) is 0 Å². The minimum atomic E-state index is -1.15. The molecular weight excluding hydrogens is 238 g/mol. The molecule has 0 bridgehead atoms. The molecule has 0 aromatic heterocycles. The Hall–Kier alpha value is -1.30. The average Bonchev–Trinajstić information content (AvgIpc) is 2.13. The van der Waals surface area contributed by atoms with Gasteiger partial charge in [0.25, 0.3) is 0 Å². The van der Waals surface area contributed by atoms with Gasteiger partial charge in [0.15, 0.2) is 6.04 Å². The summed E-state index contributed by atoms with van der Waals surface area (Å²) in [5, 5.41) is 11.4. The number of hydrogen-bond acceptors (Lipinski definition) is 4. The van der Waals surface area contributed by atoms with Gasteiger partial charge in [-0.15, -0.1) is 0 Å². The Morgan fingerprint density at radius 2 is 1.72 bits per heavy atom. The van der Waals surface area contributed by atoms with E-state index in [-0.39, 0.29) is 5.92 Å². The predicted molar refractivity (Wildman–Crippen MR) is 66.4 cm³/mol. The number of aliphatic carboxylic acids is 1. The van der Waals surface area contributed by atoms with Crippen molar-refractivity contribution in [3.05, 3.63) is 0 Å². The van der Waals surface area contributed by atoms with Crippen LogP contribution in [0.4, 0.5) is 4.79 Å². The van der Waals surface area contributed by atoms with Crippen LogP contribution in [0, 0.1) is 5.92 Å². The standard InChI is InChI=1S/C12H23NO5/c1-7(2)9(17-6)8(10(14)15)13-11(16)18-12(3,4)5/h7-9H,1-6H3,(H,13,16)(H,14,15)/t8-,9+/m0/s1. The first kappa shape index (κ1) is 16.7. The largest absolute Gasteiger partial charge is 0.480 e. The monoisotopic (exact) mass is 261 g/mol. The topological polar surface area (TPSA) is 84.9 Å². The van der Waals surface area contributed by atoms with E-state index in [4.69, 9.17) is 14.6 Å². The highest BCUT2D eigenvalue weighted by molar-refractivity contribution is 5.80. The van der Waals surface area contributed by atoms with Gasteiger partial charge in [0.2, 0.25) is 0 Å². The Labute approximate surface area is 108 Å².